The van der Waals surface area contributed by atoms with Gasteiger partial charge in [-0.1, -0.05) is 17.8 Å². The van der Waals surface area contributed by atoms with Crippen LogP contribution in [0.25, 0.3) is 0 Å². The van der Waals surface area contributed by atoms with Crippen molar-refractivity contribution in [2.24, 2.45) is 4.99 Å². The summed E-state index contributed by atoms with van der Waals surface area (Å²) in [5, 5.41) is 11.5. The van der Waals surface area contributed by atoms with Gasteiger partial charge in [-0.05, 0) is 42.7 Å². The first kappa shape index (κ1) is 18.6. The van der Waals surface area contributed by atoms with Crippen LogP contribution in [0.4, 0.5) is 11.4 Å². The highest BCUT2D eigenvalue weighted by atomic mass is 32.2. The summed E-state index contributed by atoms with van der Waals surface area (Å²) in [6, 6.07) is 12.7. The summed E-state index contributed by atoms with van der Waals surface area (Å²) in [5.74, 6) is 0.555. The molecule has 0 radical (unpaired) electrons. The Bertz CT molecular complexity index is 904. The second-order valence-electron chi connectivity index (χ2n) is 4.69. The van der Waals surface area contributed by atoms with Gasteiger partial charge in [0.05, 0.1) is 23.4 Å². The van der Waals surface area contributed by atoms with Gasteiger partial charge in [-0.25, -0.2) is 13.4 Å². The molecule has 0 atom stereocenters. The average molecular weight is 376 g/mol. The molecule has 0 amide bonds. The maximum atomic E-state index is 12.4. The van der Waals surface area contributed by atoms with Crippen LogP contribution in [0.1, 0.15) is 0 Å². The average Bonchev–Trinajstić information content (AvgIpc) is 2.61. The lowest BCUT2D eigenvalue weighted by Crippen LogP contribution is -2.13. The van der Waals surface area contributed by atoms with E-state index >= 15 is 0 Å². The van der Waals surface area contributed by atoms with Crippen molar-refractivity contribution in [1.82, 2.24) is 5.32 Å². The normalized spacial score (nSPS) is 11.5. The van der Waals surface area contributed by atoms with Crippen LogP contribution < -0.4 is 14.8 Å². The van der Waals surface area contributed by atoms with Crippen LogP contribution in [0.2, 0.25) is 0 Å². The predicted octanol–water partition coefficient (Wildman–Crippen LogP) is 2.92. The minimum atomic E-state index is -3.73. The molecule has 0 spiro atoms. The van der Waals surface area contributed by atoms with E-state index in [4.69, 9.17) is 10.00 Å². The van der Waals surface area contributed by atoms with Crippen molar-refractivity contribution in [3.63, 3.8) is 0 Å². The SMILES string of the molecule is COc1cccc(NS(=O)(=O)c2ccc(N=C(NC#N)SC)cc2)c1. The fourth-order valence-electron chi connectivity index (χ4n) is 1.89. The van der Waals surface area contributed by atoms with Crippen LogP contribution in [0.3, 0.4) is 0 Å². The fraction of sp³-hybridized carbons (Fsp3) is 0.125. The van der Waals surface area contributed by atoms with Gasteiger partial charge in [0.15, 0.2) is 11.4 Å². The molecule has 7 nitrogen and oxygen atoms in total. The van der Waals surface area contributed by atoms with E-state index in [1.54, 1.807) is 48.8 Å². The highest BCUT2D eigenvalue weighted by molar-refractivity contribution is 8.13. The largest absolute Gasteiger partial charge is 0.497 e. The second-order valence-corrected chi connectivity index (χ2v) is 7.17. The molecule has 0 saturated heterocycles. The Morgan fingerprint density at radius 2 is 1.96 bits per heavy atom. The van der Waals surface area contributed by atoms with Gasteiger partial charge < -0.3 is 4.74 Å². The van der Waals surface area contributed by atoms with Crippen molar-refractivity contribution in [1.29, 1.82) is 5.26 Å². The number of hydrogen-bond donors (Lipinski definition) is 2. The van der Waals surface area contributed by atoms with Crippen LogP contribution in [-0.2, 0) is 10.0 Å². The molecule has 0 fully saturated rings. The van der Waals surface area contributed by atoms with Crippen molar-refractivity contribution >= 4 is 38.3 Å². The molecule has 0 aromatic heterocycles. The first-order valence-corrected chi connectivity index (χ1v) is 9.74. The molecule has 0 aliphatic carbocycles. The summed E-state index contributed by atoms with van der Waals surface area (Å²) in [4.78, 5) is 4.32. The van der Waals surface area contributed by atoms with Gasteiger partial charge in [0.1, 0.15) is 5.75 Å². The number of aliphatic imine (C=N–C) groups is 1. The van der Waals surface area contributed by atoms with Crippen molar-refractivity contribution in [3.8, 4) is 11.9 Å². The van der Waals surface area contributed by atoms with Gasteiger partial charge in [-0.3, -0.25) is 10.0 Å². The molecule has 2 aromatic rings. The molecule has 0 heterocycles. The summed E-state index contributed by atoms with van der Waals surface area (Å²) in [5.41, 5.74) is 0.941. The second kappa shape index (κ2) is 8.41. The topological polar surface area (TPSA) is 104 Å². The Hall–Kier alpha value is -2.70. The third kappa shape index (κ3) is 5.14. The predicted molar refractivity (Wildman–Crippen MR) is 99.6 cm³/mol. The number of ether oxygens (including phenoxy) is 1. The zero-order chi connectivity index (χ0) is 18.3. The maximum absolute atomic E-state index is 12.4. The molecule has 0 aliphatic rings. The van der Waals surface area contributed by atoms with Crippen LogP contribution in [0.15, 0.2) is 58.4 Å². The number of sulfonamides is 1. The molecule has 130 valence electrons. The summed E-state index contributed by atoms with van der Waals surface area (Å²) in [6.45, 7) is 0. The first-order chi connectivity index (χ1) is 12.0. The fourth-order valence-corrected chi connectivity index (χ4v) is 3.28. The summed E-state index contributed by atoms with van der Waals surface area (Å²) >= 11 is 1.28. The van der Waals surface area contributed by atoms with Crippen molar-refractivity contribution in [2.75, 3.05) is 18.1 Å². The van der Waals surface area contributed by atoms with Crippen LogP contribution >= 0.6 is 11.8 Å². The molecule has 0 aliphatic heterocycles. The summed E-state index contributed by atoms with van der Waals surface area (Å²) in [6.07, 6.45) is 3.57. The number of benzene rings is 2. The van der Waals surface area contributed by atoms with Crippen molar-refractivity contribution < 1.29 is 13.2 Å². The molecular formula is C16H16N4O3S2. The quantitative estimate of drug-likeness (QED) is 0.360. The maximum Gasteiger partial charge on any atom is 0.261 e. The highest BCUT2D eigenvalue weighted by Crippen LogP contribution is 2.22. The van der Waals surface area contributed by atoms with Gasteiger partial charge >= 0.3 is 0 Å². The summed E-state index contributed by atoms with van der Waals surface area (Å²) < 4.78 is 32.5. The number of rotatable bonds is 5. The number of nitriles is 1. The standard InChI is InChI=1S/C16H16N4O3S2/c1-23-14-5-3-4-13(10-14)20-25(21,22)15-8-6-12(7-9-15)19-16(24-2)18-11-17/h3-10,20H,1-2H3,(H,18,19). The molecule has 2 N–H and O–H groups in total. The molecule has 2 rings (SSSR count). The Kier molecular flexibility index (Phi) is 6.27. The van der Waals surface area contributed by atoms with Gasteiger partial charge in [-0.2, -0.15) is 5.26 Å². The molecule has 2 aromatic carbocycles. The van der Waals surface area contributed by atoms with E-state index in [1.807, 2.05) is 0 Å². The Labute approximate surface area is 150 Å². The number of nitrogens with zero attached hydrogens (tertiary/aromatic N) is 2. The van der Waals surface area contributed by atoms with E-state index in [-0.39, 0.29) is 4.90 Å². The first-order valence-electron chi connectivity index (χ1n) is 7.03. The molecule has 9 heteroatoms. The Morgan fingerprint density at radius 1 is 1.24 bits per heavy atom. The lowest BCUT2D eigenvalue weighted by molar-refractivity contribution is 0.415. The number of hydrogen-bond acceptors (Lipinski definition) is 6. The van der Waals surface area contributed by atoms with E-state index in [0.717, 1.165) is 0 Å². The zero-order valence-electron chi connectivity index (χ0n) is 13.6. The van der Waals surface area contributed by atoms with E-state index in [9.17, 15) is 8.42 Å². The number of thioether (sulfide) groups is 1. The Balaban J connectivity index is 2.21. The monoisotopic (exact) mass is 376 g/mol. The van der Waals surface area contributed by atoms with Crippen LogP contribution in [0, 0.1) is 11.5 Å². The van der Waals surface area contributed by atoms with Crippen molar-refractivity contribution in [2.45, 2.75) is 4.90 Å². The molecule has 0 bridgehead atoms. The van der Waals surface area contributed by atoms with Gasteiger partial charge in [-0.15, -0.1) is 0 Å². The third-order valence-corrected chi connectivity index (χ3v) is 5.03. The number of methoxy groups -OCH3 is 1. The number of nitrogens with one attached hydrogen (secondary N) is 2. The van der Waals surface area contributed by atoms with Gasteiger partial charge in [0, 0.05) is 6.07 Å². The van der Waals surface area contributed by atoms with E-state index in [0.29, 0.717) is 22.3 Å². The molecule has 0 saturated carbocycles. The van der Waals surface area contributed by atoms with Gasteiger partial charge in [0.2, 0.25) is 0 Å². The van der Waals surface area contributed by atoms with Crippen LogP contribution in [-0.4, -0.2) is 27.0 Å². The molecule has 0 unspecified atom stereocenters. The molecule has 25 heavy (non-hydrogen) atoms. The van der Waals surface area contributed by atoms with Crippen LogP contribution in [0.5, 0.6) is 5.75 Å². The third-order valence-electron chi connectivity index (χ3n) is 3.06. The lowest BCUT2D eigenvalue weighted by Gasteiger charge is -2.09. The zero-order valence-corrected chi connectivity index (χ0v) is 15.2. The van der Waals surface area contributed by atoms with E-state index in [2.05, 4.69) is 15.0 Å². The highest BCUT2D eigenvalue weighted by Gasteiger charge is 2.14. The number of amidine groups is 1. The lowest BCUT2D eigenvalue weighted by atomic mass is 10.3. The minimum Gasteiger partial charge on any atom is -0.497 e. The van der Waals surface area contributed by atoms with Crippen molar-refractivity contribution in [3.05, 3.63) is 48.5 Å². The Morgan fingerprint density at radius 3 is 2.56 bits per heavy atom. The van der Waals surface area contributed by atoms with E-state index < -0.39 is 10.0 Å². The smallest absolute Gasteiger partial charge is 0.261 e. The number of anilines is 1. The van der Waals surface area contributed by atoms with Gasteiger partial charge in [0.25, 0.3) is 10.0 Å². The van der Waals surface area contributed by atoms with E-state index in [1.165, 1.54) is 31.0 Å². The summed E-state index contributed by atoms with van der Waals surface area (Å²) in [7, 11) is -2.22. The minimum absolute atomic E-state index is 0.105. The molecular weight excluding hydrogens is 360 g/mol.